The van der Waals surface area contributed by atoms with Crippen LogP contribution in [-0.4, -0.2) is 36.9 Å². The average Bonchev–Trinajstić information content (AvgIpc) is 2.05. The third-order valence-corrected chi connectivity index (χ3v) is 1.99. The second kappa shape index (κ2) is 3.69. The van der Waals surface area contributed by atoms with Crippen molar-refractivity contribution in [1.82, 2.24) is 5.32 Å². The van der Waals surface area contributed by atoms with E-state index in [0.29, 0.717) is 6.42 Å². The van der Waals surface area contributed by atoms with Crippen LogP contribution in [0.2, 0.25) is 0 Å². The number of ether oxygens (including phenoxy) is 1. The van der Waals surface area contributed by atoms with E-state index in [-0.39, 0.29) is 6.10 Å². The lowest BCUT2D eigenvalue weighted by Crippen LogP contribution is -2.45. The number of hydrogen-bond donors (Lipinski definition) is 2. The van der Waals surface area contributed by atoms with Gasteiger partial charge in [0.2, 0.25) is 0 Å². The first kappa shape index (κ1) is 8.49. The molecule has 0 saturated carbocycles. The second-order valence-electron chi connectivity index (χ2n) is 2.73. The van der Waals surface area contributed by atoms with Gasteiger partial charge in [-0.3, -0.25) is 4.79 Å². The molecule has 1 saturated heterocycles. The van der Waals surface area contributed by atoms with Gasteiger partial charge in [-0.2, -0.15) is 0 Å². The van der Waals surface area contributed by atoms with Crippen LogP contribution in [0.5, 0.6) is 0 Å². The van der Waals surface area contributed by atoms with Gasteiger partial charge in [0.05, 0.1) is 6.10 Å². The number of hydrogen-bond acceptors (Lipinski definition) is 3. The summed E-state index contributed by atoms with van der Waals surface area (Å²) >= 11 is 0. The SMILES string of the molecule is CO[C@H]1CCN[C@@H](C(=O)O)C1. The third-order valence-electron chi connectivity index (χ3n) is 1.99. The van der Waals surface area contributed by atoms with Gasteiger partial charge in [0, 0.05) is 7.11 Å². The maximum absolute atomic E-state index is 10.5. The lowest BCUT2D eigenvalue weighted by atomic mass is 10.0. The van der Waals surface area contributed by atoms with Crippen molar-refractivity contribution in [2.75, 3.05) is 13.7 Å². The Balaban J connectivity index is 2.39. The quantitative estimate of drug-likeness (QED) is 0.587. The highest BCUT2D eigenvalue weighted by Crippen LogP contribution is 2.11. The maximum Gasteiger partial charge on any atom is 0.320 e. The van der Waals surface area contributed by atoms with Gasteiger partial charge in [-0.15, -0.1) is 0 Å². The molecule has 0 amide bonds. The molecule has 0 bridgehead atoms. The van der Waals surface area contributed by atoms with E-state index in [0.717, 1.165) is 13.0 Å². The Kier molecular flexibility index (Phi) is 2.84. The van der Waals surface area contributed by atoms with Crippen molar-refractivity contribution < 1.29 is 14.6 Å². The minimum Gasteiger partial charge on any atom is -0.480 e. The molecule has 4 heteroatoms. The number of carboxylic acids is 1. The highest BCUT2D eigenvalue weighted by atomic mass is 16.5. The Morgan fingerprint density at radius 1 is 1.73 bits per heavy atom. The highest BCUT2D eigenvalue weighted by molar-refractivity contribution is 5.73. The fraction of sp³-hybridized carbons (Fsp3) is 0.857. The summed E-state index contributed by atoms with van der Waals surface area (Å²) < 4.78 is 5.07. The zero-order chi connectivity index (χ0) is 8.27. The van der Waals surface area contributed by atoms with Gasteiger partial charge in [-0.05, 0) is 19.4 Å². The molecule has 0 aromatic heterocycles. The molecule has 0 spiro atoms. The van der Waals surface area contributed by atoms with Gasteiger partial charge in [0.25, 0.3) is 0 Å². The Morgan fingerprint density at radius 2 is 2.45 bits per heavy atom. The van der Waals surface area contributed by atoms with E-state index in [1.807, 2.05) is 0 Å². The molecule has 0 unspecified atom stereocenters. The summed E-state index contributed by atoms with van der Waals surface area (Å²) in [7, 11) is 1.62. The van der Waals surface area contributed by atoms with E-state index in [2.05, 4.69) is 5.32 Å². The van der Waals surface area contributed by atoms with Crippen molar-refractivity contribution in [2.45, 2.75) is 25.0 Å². The minimum absolute atomic E-state index is 0.109. The summed E-state index contributed by atoms with van der Waals surface area (Å²) in [5, 5.41) is 11.5. The van der Waals surface area contributed by atoms with E-state index in [1.54, 1.807) is 7.11 Å². The van der Waals surface area contributed by atoms with Crippen LogP contribution in [0.4, 0.5) is 0 Å². The van der Waals surface area contributed by atoms with E-state index in [9.17, 15) is 4.79 Å². The molecule has 11 heavy (non-hydrogen) atoms. The Labute approximate surface area is 65.5 Å². The molecule has 0 aliphatic carbocycles. The molecule has 2 atom stereocenters. The summed E-state index contributed by atoms with van der Waals surface area (Å²) in [5.74, 6) is -0.785. The molecule has 1 rings (SSSR count). The number of methoxy groups -OCH3 is 1. The molecule has 1 heterocycles. The molecule has 64 valence electrons. The van der Waals surface area contributed by atoms with Crippen LogP contribution in [0.1, 0.15) is 12.8 Å². The monoisotopic (exact) mass is 159 g/mol. The molecule has 2 N–H and O–H groups in total. The van der Waals surface area contributed by atoms with E-state index < -0.39 is 12.0 Å². The Hall–Kier alpha value is -0.610. The van der Waals surface area contributed by atoms with Crippen LogP contribution in [-0.2, 0) is 9.53 Å². The average molecular weight is 159 g/mol. The van der Waals surface area contributed by atoms with Gasteiger partial charge < -0.3 is 15.2 Å². The van der Waals surface area contributed by atoms with Crippen molar-refractivity contribution in [3.8, 4) is 0 Å². The number of rotatable bonds is 2. The molecular weight excluding hydrogens is 146 g/mol. The van der Waals surface area contributed by atoms with Crippen molar-refractivity contribution in [1.29, 1.82) is 0 Å². The predicted octanol–water partition coefficient (Wildman–Crippen LogP) is -0.162. The fourth-order valence-electron chi connectivity index (χ4n) is 1.28. The lowest BCUT2D eigenvalue weighted by Gasteiger charge is -2.26. The third kappa shape index (κ3) is 2.17. The van der Waals surface area contributed by atoms with Gasteiger partial charge in [0.1, 0.15) is 6.04 Å². The fourth-order valence-corrected chi connectivity index (χ4v) is 1.28. The first-order chi connectivity index (χ1) is 5.24. The van der Waals surface area contributed by atoms with Gasteiger partial charge >= 0.3 is 5.97 Å². The van der Waals surface area contributed by atoms with Crippen LogP contribution in [0.15, 0.2) is 0 Å². The zero-order valence-corrected chi connectivity index (χ0v) is 6.54. The molecule has 1 aliphatic heterocycles. The molecule has 1 aliphatic rings. The largest absolute Gasteiger partial charge is 0.480 e. The van der Waals surface area contributed by atoms with Gasteiger partial charge in [-0.1, -0.05) is 0 Å². The smallest absolute Gasteiger partial charge is 0.320 e. The summed E-state index contributed by atoms with van der Waals surface area (Å²) in [6, 6.07) is -0.423. The molecule has 1 fully saturated rings. The van der Waals surface area contributed by atoms with Crippen LogP contribution < -0.4 is 5.32 Å². The molecule has 0 aromatic carbocycles. The molecular formula is C7H13NO3. The first-order valence-corrected chi connectivity index (χ1v) is 3.73. The predicted molar refractivity (Wildman–Crippen MR) is 39.5 cm³/mol. The van der Waals surface area contributed by atoms with Crippen molar-refractivity contribution >= 4 is 5.97 Å². The minimum atomic E-state index is -0.785. The van der Waals surface area contributed by atoms with Crippen molar-refractivity contribution in [3.63, 3.8) is 0 Å². The maximum atomic E-state index is 10.5. The zero-order valence-electron chi connectivity index (χ0n) is 6.54. The summed E-state index contributed by atoms with van der Waals surface area (Å²) in [4.78, 5) is 10.5. The molecule has 4 nitrogen and oxygen atoms in total. The number of piperidine rings is 1. The van der Waals surface area contributed by atoms with Crippen LogP contribution >= 0.6 is 0 Å². The molecule has 0 radical (unpaired) electrons. The summed E-state index contributed by atoms with van der Waals surface area (Å²) in [5.41, 5.74) is 0. The number of carboxylic acid groups (broad SMARTS) is 1. The van der Waals surface area contributed by atoms with Gasteiger partial charge in [-0.25, -0.2) is 0 Å². The topological polar surface area (TPSA) is 58.6 Å². The number of carbonyl (C=O) groups is 1. The van der Waals surface area contributed by atoms with E-state index >= 15 is 0 Å². The second-order valence-corrected chi connectivity index (χ2v) is 2.73. The molecule has 0 aromatic rings. The van der Waals surface area contributed by atoms with E-state index in [4.69, 9.17) is 9.84 Å². The summed E-state index contributed by atoms with van der Waals surface area (Å²) in [6.45, 7) is 0.732. The number of aliphatic carboxylic acids is 1. The van der Waals surface area contributed by atoms with Crippen LogP contribution in [0, 0.1) is 0 Å². The summed E-state index contributed by atoms with van der Waals surface area (Å²) in [6.07, 6.45) is 1.59. The van der Waals surface area contributed by atoms with Crippen LogP contribution in [0.25, 0.3) is 0 Å². The Bertz CT molecular complexity index is 149. The van der Waals surface area contributed by atoms with E-state index in [1.165, 1.54) is 0 Å². The van der Waals surface area contributed by atoms with Crippen molar-refractivity contribution in [3.05, 3.63) is 0 Å². The lowest BCUT2D eigenvalue weighted by molar-refractivity contribution is -0.141. The van der Waals surface area contributed by atoms with Crippen LogP contribution in [0.3, 0.4) is 0 Å². The van der Waals surface area contributed by atoms with Crippen molar-refractivity contribution in [2.24, 2.45) is 0 Å². The highest BCUT2D eigenvalue weighted by Gasteiger charge is 2.25. The standard InChI is InChI=1S/C7H13NO3/c1-11-5-2-3-8-6(4-5)7(9)10/h5-6,8H,2-4H2,1H3,(H,9,10)/t5-,6+/m0/s1. The number of nitrogens with one attached hydrogen (secondary N) is 1. The Morgan fingerprint density at radius 3 is 3.00 bits per heavy atom. The van der Waals surface area contributed by atoms with Gasteiger partial charge in [0.15, 0.2) is 0 Å². The normalized spacial score (nSPS) is 31.7. The first-order valence-electron chi connectivity index (χ1n) is 3.73.